The van der Waals surface area contributed by atoms with Gasteiger partial charge in [0.1, 0.15) is 23.3 Å². The Bertz CT molecular complexity index is 1020. The molecule has 1 saturated heterocycles. The first-order valence-electron chi connectivity index (χ1n) is 9.97. The minimum Gasteiger partial charge on any atom is -0.353 e. The largest absolute Gasteiger partial charge is 0.353 e. The van der Waals surface area contributed by atoms with E-state index in [4.69, 9.17) is 0 Å². The summed E-state index contributed by atoms with van der Waals surface area (Å²) < 4.78 is 13.3. The Morgan fingerprint density at radius 2 is 1.76 bits per heavy atom. The van der Waals surface area contributed by atoms with Gasteiger partial charge in [0.15, 0.2) is 0 Å². The fraction of sp³-hybridized carbons (Fsp3) is 0.348. The Hall–Kier alpha value is -3.02. The van der Waals surface area contributed by atoms with Crippen molar-refractivity contribution in [1.82, 2.24) is 15.0 Å². The van der Waals surface area contributed by atoms with E-state index in [0.29, 0.717) is 5.82 Å². The van der Waals surface area contributed by atoms with Crippen LogP contribution in [0, 0.1) is 26.6 Å². The third-order valence-corrected chi connectivity index (χ3v) is 5.37. The zero-order valence-electron chi connectivity index (χ0n) is 17.4. The van der Waals surface area contributed by atoms with Crippen molar-refractivity contribution in [2.24, 2.45) is 0 Å². The first-order chi connectivity index (χ1) is 13.9. The number of hydrogen-bond donors (Lipinski definition) is 0. The maximum atomic E-state index is 13.3. The fourth-order valence-electron chi connectivity index (χ4n) is 4.00. The monoisotopic (exact) mass is 391 g/mol. The van der Waals surface area contributed by atoms with Gasteiger partial charge in [0.05, 0.1) is 5.69 Å². The van der Waals surface area contributed by atoms with E-state index in [1.54, 1.807) is 12.1 Å². The third-order valence-electron chi connectivity index (χ3n) is 5.37. The summed E-state index contributed by atoms with van der Waals surface area (Å²) in [5.41, 5.74) is 4.10. The lowest BCUT2D eigenvalue weighted by Crippen LogP contribution is -2.53. The van der Waals surface area contributed by atoms with Gasteiger partial charge in [0, 0.05) is 43.5 Å². The molecule has 1 aliphatic heterocycles. The molecule has 3 aromatic rings. The predicted molar refractivity (Wildman–Crippen MR) is 115 cm³/mol. The summed E-state index contributed by atoms with van der Waals surface area (Å²) in [5.74, 6) is 2.45. The summed E-state index contributed by atoms with van der Waals surface area (Å²) in [4.78, 5) is 18.6. The molecule has 1 aromatic carbocycles. The van der Waals surface area contributed by atoms with E-state index < -0.39 is 0 Å². The van der Waals surface area contributed by atoms with Gasteiger partial charge in [-0.3, -0.25) is 0 Å². The van der Waals surface area contributed by atoms with E-state index in [0.717, 1.165) is 42.5 Å². The maximum Gasteiger partial charge on any atom is 0.133 e. The first kappa shape index (κ1) is 19.3. The SMILES string of the molecule is Cc1cnc(N2CCN(c3cc(-c4ccc(F)cc4)nc(C)n3)[C@H](C)C2)c(C)c1. The molecule has 3 heterocycles. The second-order valence-corrected chi connectivity index (χ2v) is 7.81. The van der Waals surface area contributed by atoms with Crippen molar-refractivity contribution in [2.75, 3.05) is 29.4 Å². The molecule has 0 spiro atoms. The van der Waals surface area contributed by atoms with Crippen molar-refractivity contribution in [3.63, 3.8) is 0 Å². The smallest absolute Gasteiger partial charge is 0.133 e. The zero-order valence-corrected chi connectivity index (χ0v) is 17.4. The number of nitrogens with zero attached hydrogens (tertiary/aromatic N) is 5. The lowest BCUT2D eigenvalue weighted by Gasteiger charge is -2.41. The molecule has 0 radical (unpaired) electrons. The minimum absolute atomic E-state index is 0.246. The van der Waals surface area contributed by atoms with Crippen LogP contribution in [-0.4, -0.2) is 40.6 Å². The number of aryl methyl sites for hydroxylation is 3. The van der Waals surface area contributed by atoms with Crippen LogP contribution in [0.2, 0.25) is 0 Å². The van der Waals surface area contributed by atoms with Gasteiger partial charge in [-0.15, -0.1) is 0 Å². The Morgan fingerprint density at radius 1 is 1.00 bits per heavy atom. The van der Waals surface area contributed by atoms with Gasteiger partial charge in [-0.1, -0.05) is 6.07 Å². The highest BCUT2D eigenvalue weighted by molar-refractivity contribution is 5.63. The number of aromatic nitrogens is 3. The second kappa shape index (κ2) is 7.78. The van der Waals surface area contributed by atoms with Crippen molar-refractivity contribution < 1.29 is 4.39 Å². The number of halogens is 1. The molecule has 0 aliphatic carbocycles. The quantitative estimate of drug-likeness (QED) is 0.665. The third kappa shape index (κ3) is 4.06. The molecule has 150 valence electrons. The normalized spacial score (nSPS) is 16.9. The summed E-state index contributed by atoms with van der Waals surface area (Å²) in [6.07, 6.45) is 1.93. The zero-order chi connectivity index (χ0) is 20.5. The average molecular weight is 391 g/mol. The lowest BCUT2D eigenvalue weighted by atomic mass is 10.1. The summed E-state index contributed by atoms with van der Waals surface area (Å²) >= 11 is 0. The molecule has 6 heteroatoms. The number of hydrogen-bond acceptors (Lipinski definition) is 5. The first-order valence-corrected chi connectivity index (χ1v) is 9.97. The standard InChI is InChI=1S/C23H26FN5/c1-15-11-16(2)23(25-13-15)28-9-10-29(17(3)14-28)22-12-21(26-18(4)27-22)19-5-7-20(24)8-6-19/h5-8,11-13,17H,9-10,14H2,1-4H3/t17-/m1/s1. The number of piperazine rings is 1. The topological polar surface area (TPSA) is 45.2 Å². The molecule has 0 unspecified atom stereocenters. The van der Waals surface area contributed by atoms with Gasteiger partial charge in [-0.2, -0.15) is 0 Å². The van der Waals surface area contributed by atoms with E-state index in [9.17, 15) is 4.39 Å². The molecule has 1 aliphatic rings. The van der Waals surface area contributed by atoms with Gasteiger partial charge < -0.3 is 9.80 Å². The van der Waals surface area contributed by atoms with Crippen molar-refractivity contribution in [3.05, 3.63) is 65.4 Å². The molecule has 1 atom stereocenters. The molecule has 4 rings (SSSR count). The van der Waals surface area contributed by atoms with E-state index >= 15 is 0 Å². The highest BCUT2D eigenvalue weighted by Crippen LogP contribution is 2.27. The van der Waals surface area contributed by atoms with Gasteiger partial charge >= 0.3 is 0 Å². The molecule has 2 aromatic heterocycles. The summed E-state index contributed by atoms with van der Waals surface area (Å²) in [6, 6.07) is 10.9. The van der Waals surface area contributed by atoms with Crippen LogP contribution < -0.4 is 9.80 Å². The van der Waals surface area contributed by atoms with Crippen LogP contribution in [0.25, 0.3) is 11.3 Å². The molecule has 0 bridgehead atoms. The van der Waals surface area contributed by atoms with Crippen molar-refractivity contribution in [2.45, 2.75) is 33.7 Å². The lowest BCUT2D eigenvalue weighted by molar-refractivity contribution is 0.541. The molecule has 0 amide bonds. The van der Waals surface area contributed by atoms with E-state index in [1.807, 2.05) is 19.2 Å². The van der Waals surface area contributed by atoms with Crippen LogP contribution in [0.5, 0.6) is 0 Å². The van der Waals surface area contributed by atoms with E-state index in [-0.39, 0.29) is 11.9 Å². The Labute approximate surface area is 171 Å². The maximum absolute atomic E-state index is 13.3. The van der Waals surface area contributed by atoms with E-state index in [2.05, 4.69) is 51.6 Å². The van der Waals surface area contributed by atoms with Gasteiger partial charge in [0.25, 0.3) is 0 Å². The van der Waals surface area contributed by atoms with Crippen LogP contribution in [0.1, 0.15) is 23.9 Å². The second-order valence-electron chi connectivity index (χ2n) is 7.81. The number of benzene rings is 1. The molecule has 29 heavy (non-hydrogen) atoms. The van der Waals surface area contributed by atoms with E-state index in [1.165, 1.54) is 23.3 Å². The van der Waals surface area contributed by atoms with Gasteiger partial charge in [0.2, 0.25) is 0 Å². The fourth-order valence-corrected chi connectivity index (χ4v) is 4.00. The van der Waals surface area contributed by atoms with Crippen LogP contribution >= 0.6 is 0 Å². The van der Waals surface area contributed by atoms with Crippen molar-refractivity contribution >= 4 is 11.6 Å². The molecule has 5 nitrogen and oxygen atoms in total. The predicted octanol–water partition coefficient (Wildman–Crippen LogP) is 4.32. The molecule has 1 fully saturated rings. The summed E-state index contributed by atoms with van der Waals surface area (Å²) in [7, 11) is 0. The average Bonchev–Trinajstić information content (AvgIpc) is 2.68. The number of pyridine rings is 1. The van der Waals surface area contributed by atoms with Crippen LogP contribution in [0.15, 0.2) is 42.6 Å². The number of anilines is 2. The molecule has 0 N–H and O–H groups in total. The number of rotatable bonds is 3. The van der Waals surface area contributed by atoms with Gasteiger partial charge in [-0.25, -0.2) is 19.3 Å². The Balaban J connectivity index is 1.57. The van der Waals surface area contributed by atoms with Gasteiger partial charge in [-0.05, 0) is 63.1 Å². The molecular formula is C23H26FN5. The highest BCUT2D eigenvalue weighted by Gasteiger charge is 2.27. The summed E-state index contributed by atoms with van der Waals surface area (Å²) in [5, 5.41) is 0. The summed E-state index contributed by atoms with van der Waals surface area (Å²) in [6.45, 7) is 10.9. The van der Waals surface area contributed by atoms with Crippen molar-refractivity contribution in [3.8, 4) is 11.3 Å². The van der Waals surface area contributed by atoms with Crippen LogP contribution in [0.3, 0.4) is 0 Å². The highest BCUT2D eigenvalue weighted by atomic mass is 19.1. The molecule has 0 saturated carbocycles. The molecular weight excluding hydrogens is 365 g/mol. The van der Waals surface area contributed by atoms with Crippen molar-refractivity contribution in [1.29, 1.82) is 0 Å². The Morgan fingerprint density at radius 3 is 2.45 bits per heavy atom. The van der Waals surface area contributed by atoms with Crippen LogP contribution in [-0.2, 0) is 0 Å². The Kier molecular flexibility index (Phi) is 5.18. The minimum atomic E-state index is -0.246. The van der Waals surface area contributed by atoms with Crippen LogP contribution in [0.4, 0.5) is 16.0 Å².